The summed E-state index contributed by atoms with van der Waals surface area (Å²) in [6.45, 7) is 3.05. The van der Waals surface area contributed by atoms with Crippen molar-refractivity contribution in [1.29, 1.82) is 0 Å². The van der Waals surface area contributed by atoms with E-state index in [2.05, 4.69) is 15.2 Å². The van der Waals surface area contributed by atoms with Crippen LogP contribution >= 0.6 is 0 Å². The second kappa shape index (κ2) is 12.3. The summed E-state index contributed by atoms with van der Waals surface area (Å²) < 4.78 is 10.6. The number of ether oxygens (including phenoxy) is 2. The number of hydrogen-bond donors (Lipinski definition) is 1. The highest BCUT2D eigenvalue weighted by Crippen LogP contribution is 2.17. The summed E-state index contributed by atoms with van der Waals surface area (Å²) in [4.78, 5) is 16.3. The quantitative estimate of drug-likeness (QED) is 0.251. The number of esters is 1. The van der Waals surface area contributed by atoms with E-state index < -0.39 is 0 Å². The van der Waals surface area contributed by atoms with E-state index >= 15 is 0 Å². The topological polar surface area (TPSA) is 69.2 Å². The third-order valence-corrected chi connectivity index (χ3v) is 5.25. The first-order chi connectivity index (χ1) is 16.1. The standard InChI is InChI=1S/C27H30N2O4/c1-20-6-4-5-7-25(20)26(29-32-3)19-33-24-15-10-22(11-16-24)18-28-23-13-8-21(9-14-23)12-17-27(30)31-2/h4-11,13-16,28H,12,17-19H2,1-3H3/b29-26+. The molecule has 0 spiro atoms. The SMILES string of the molecule is CO/N=C(\COc1ccc(CNc2ccc(CCC(=O)OC)cc2)cc1)c1ccccc1C. The predicted octanol–water partition coefficient (Wildman–Crippen LogP) is 5.14. The van der Waals surface area contributed by atoms with Crippen LogP contribution in [0.4, 0.5) is 5.69 Å². The average Bonchev–Trinajstić information content (AvgIpc) is 2.85. The van der Waals surface area contributed by atoms with Gasteiger partial charge in [-0.2, -0.15) is 0 Å². The Bertz CT molecular complexity index is 1060. The lowest BCUT2D eigenvalue weighted by atomic mass is 10.0. The van der Waals surface area contributed by atoms with E-state index in [9.17, 15) is 4.79 Å². The smallest absolute Gasteiger partial charge is 0.305 e. The summed E-state index contributed by atoms with van der Waals surface area (Å²) in [5, 5.41) is 7.55. The molecular weight excluding hydrogens is 416 g/mol. The van der Waals surface area contributed by atoms with E-state index in [0.717, 1.165) is 39.4 Å². The lowest BCUT2D eigenvalue weighted by Crippen LogP contribution is -2.14. The van der Waals surface area contributed by atoms with Crippen molar-refractivity contribution in [2.24, 2.45) is 5.16 Å². The molecular formula is C27H30N2O4. The van der Waals surface area contributed by atoms with Gasteiger partial charge >= 0.3 is 5.97 Å². The summed E-state index contributed by atoms with van der Waals surface area (Å²) in [5.74, 6) is 0.577. The molecule has 6 nitrogen and oxygen atoms in total. The highest BCUT2D eigenvalue weighted by atomic mass is 16.6. The van der Waals surface area contributed by atoms with Crippen LogP contribution in [-0.4, -0.2) is 32.5 Å². The number of oxime groups is 1. The van der Waals surface area contributed by atoms with Crippen molar-refractivity contribution in [3.63, 3.8) is 0 Å². The molecule has 0 aliphatic carbocycles. The molecule has 0 saturated heterocycles. The molecule has 0 amide bonds. The molecule has 3 rings (SSSR count). The summed E-state index contributed by atoms with van der Waals surface area (Å²) in [5.41, 5.74) is 6.15. The zero-order valence-electron chi connectivity index (χ0n) is 19.3. The van der Waals surface area contributed by atoms with Gasteiger partial charge in [-0.15, -0.1) is 0 Å². The zero-order chi connectivity index (χ0) is 23.5. The number of nitrogens with zero attached hydrogens (tertiary/aromatic N) is 1. The normalized spacial score (nSPS) is 11.1. The van der Waals surface area contributed by atoms with Crippen LogP contribution < -0.4 is 10.1 Å². The number of carbonyl (C=O) groups is 1. The predicted molar refractivity (Wildman–Crippen MR) is 131 cm³/mol. The Balaban J connectivity index is 1.50. The number of methoxy groups -OCH3 is 1. The molecule has 172 valence electrons. The van der Waals surface area contributed by atoms with E-state index in [4.69, 9.17) is 9.57 Å². The molecule has 0 aliphatic rings. The molecule has 33 heavy (non-hydrogen) atoms. The van der Waals surface area contributed by atoms with Crippen LogP contribution in [0.15, 0.2) is 78.0 Å². The van der Waals surface area contributed by atoms with Crippen LogP contribution in [0.25, 0.3) is 0 Å². The number of hydrogen-bond acceptors (Lipinski definition) is 6. The van der Waals surface area contributed by atoms with Crippen LogP contribution in [0.1, 0.15) is 28.7 Å². The van der Waals surface area contributed by atoms with Gasteiger partial charge in [-0.1, -0.05) is 53.7 Å². The molecule has 0 fully saturated rings. The fourth-order valence-electron chi connectivity index (χ4n) is 3.36. The van der Waals surface area contributed by atoms with E-state index in [0.29, 0.717) is 26.0 Å². The summed E-state index contributed by atoms with van der Waals surface area (Å²) in [7, 11) is 2.95. The Labute approximate surface area is 195 Å². The highest BCUT2D eigenvalue weighted by molar-refractivity contribution is 6.02. The van der Waals surface area contributed by atoms with Gasteiger partial charge in [0.25, 0.3) is 0 Å². The van der Waals surface area contributed by atoms with Gasteiger partial charge in [0.1, 0.15) is 25.2 Å². The molecule has 3 aromatic carbocycles. The zero-order valence-corrected chi connectivity index (χ0v) is 19.3. The number of benzene rings is 3. The fourth-order valence-corrected chi connectivity index (χ4v) is 3.36. The first-order valence-electron chi connectivity index (χ1n) is 10.9. The van der Waals surface area contributed by atoms with E-state index in [-0.39, 0.29) is 5.97 Å². The summed E-state index contributed by atoms with van der Waals surface area (Å²) in [6.07, 6.45) is 1.07. The molecule has 0 saturated carbocycles. The maximum atomic E-state index is 11.3. The van der Waals surface area contributed by atoms with Gasteiger partial charge in [0.2, 0.25) is 0 Å². The van der Waals surface area contributed by atoms with Crippen molar-refractivity contribution >= 4 is 17.4 Å². The molecule has 3 aromatic rings. The van der Waals surface area contributed by atoms with Crippen LogP contribution in [0, 0.1) is 6.92 Å². The lowest BCUT2D eigenvalue weighted by Gasteiger charge is -2.12. The Morgan fingerprint density at radius 1 is 0.909 bits per heavy atom. The largest absolute Gasteiger partial charge is 0.487 e. The molecule has 0 atom stereocenters. The monoisotopic (exact) mass is 446 g/mol. The van der Waals surface area contributed by atoms with E-state index in [1.54, 1.807) is 0 Å². The second-order valence-electron chi connectivity index (χ2n) is 7.59. The van der Waals surface area contributed by atoms with Crippen molar-refractivity contribution in [1.82, 2.24) is 0 Å². The van der Waals surface area contributed by atoms with Gasteiger partial charge < -0.3 is 19.6 Å². The van der Waals surface area contributed by atoms with Crippen molar-refractivity contribution < 1.29 is 19.1 Å². The maximum absolute atomic E-state index is 11.3. The minimum absolute atomic E-state index is 0.193. The molecule has 0 radical (unpaired) electrons. The molecule has 0 bridgehead atoms. The second-order valence-corrected chi connectivity index (χ2v) is 7.59. The Morgan fingerprint density at radius 3 is 2.27 bits per heavy atom. The molecule has 0 unspecified atom stereocenters. The number of rotatable bonds is 11. The minimum atomic E-state index is -0.193. The van der Waals surface area contributed by atoms with Gasteiger partial charge in [0.05, 0.1) is 7.11 Å². The molecule has 0 aliphatic heterocycles. The van der Waals surface area contributed by atoms with Crippen molar-refractivity contribution in [2.45, 2.75) is 26.3 Å². The summed E-state index contributed by atoms with van der Waals surface area (Å²) >= 11 is 0. The number of nitrogens with one attached hydrogen (secondary N) is 1. The van der Waals surface area contributed by atoms with Crippen LogP contribution in [0.5, 0.6) is 5.75 Å². The number of anilines is 1. The lowest BCUT2D eigenvalue weighted by molar-refractivity contribution is -0.140. The van der Waals surface area contributed by atoms with Crippen molar-refractivity contribution in [2.75, 3.05) is 26.1 Å². The minimum Gasteiger partial charge on any atom is -0.487 e. The van der Waals surface area contributed by atoms with Crippen molar-refractivity contribution in [3.8, 4) is 5.75 Å². The number of aryl methyl sites for hydroxylation is 2. The molecule has 0 heterocycles. The van der Waals surface area contributed by atoms with Crippen molar-refractivity contribution in [3.05, 3.63) is 95.1 Å². The first-order valence-corrected chi connectivity index (χ1v) is 10.9. The first kappa shape index (κ1) is 23.9. The fraction of sp³-hybridized carbons (Fsp3) is 0.259. The maximum Gasteiger partial charge on any atom is 0.305 e. The van der Waals surface area contributed by atoms with Gasteiger partial charge in [-0.3, -0.25) is 4.79 Å². The van der Waals surface area contributed by atoms with E-state index in [1.807, 2.05) is 79.7 Å². The third-order valence-electron chi connectivity index (χ3n) is 5.25. The van der Waals surface area contributed by atoms with Crippen LogP contribution in [0.2, 0.25) is 0 Å². The van der Waals surface area contributed by atoms with Gasteiger partial charge in [0.15, 0.2) is 0 Å². The molecule has 0 aromatic heterocycles. The van der Waals surface area contributed by atoms with Gasteiger partial charge in [-0.25, -0.2) is 0 Å². The number of carbonyl (C=O) groups excluding carboxylic acids is 1. The van der Waals surface area contributed by atoms with Crippen LogP contribution in [0.3, 0.4) is 0 Å². The van der Waals surface area contributed by atoms with Gasteiger partial charge in [0, 0.05) is 24.2 Å². The van der Waals surface area contributed by atoms with Gasteiger partial charge in [-0.05, 0) is 54.3 Å². The van der Waals surface area contributed by atoms with E-state index in [1.165, 1.54) is 14.2 Å². The third kappa shape index (κ3) is 7.38. The molecule has 6 heteroatoms. The summed E-state index contributed by atoms with van der Waals surface area (Å²) in [6, 6.07) is 24.1. The average molecular weight is 447 g/mol. The Morgan fingerprint density at radius 2 is 1.61 bits per heavy atom. The Hall–Kier alpha value is -3.80. The molecule has 1 N–H and O–H groups in total. The highest BCUT2D eigenvalue weighted by Gasteiger charge is 2.09. The Kier molecular flexibility index (Phi) is 8.88. The van der Waals surface area contributed by atoms with Crippen LogP contribution in [-0.2, 0) is 27.3 Å².